The maximum atomic E-state index is 5.57. The van der Waals surface area contributed by atoms with E-state index in [2.05, 4.69) is 22.0 Å². The molecule has 0 N–H and O–H groups in total. The maximum Gasteiger partial charge on any atom is 0.175 e. The average Bonchev–Trinajstić information content (AvgIpc) is 2.73. The van der Waals surface area contributed by atoms with E-state index < -0.39 is 0 Å². The Balaban J connectivity index is 2.27. The van der Waals surface area contributed by atoms with Gasteiger partial charge in [0.05, 0.1) is 13.4 Å². The zero-order valence-electron chi connectivity index (χ0n) is 9.33. The smallest absolute Gasteiger partial charge is 0.175 e. The van der Waals surface area contributed by atoms with Gasteiger partial charge in [-0.1, -0.05) is 28.1 Å². The fraction of sp³-hybridized carbons (Fsp3) is 0.385. The number of para-hydroxylation sites is 1. The van der Waals surface area contributed by atoms with Crippen molar-refractivity contribution < 1.29 is 9.15 Å². The Hall–Kier alpha value is -0.960. The molecule has 0 radical (unpaired) electrons. The second kappa shape index (κ2) is 5.39. The second-order valence-corrected chi connectivity index (χ2v) is 4.54. The molecule has 1 aromatic heterocycles. The van der Waals surface area contributed by atoms with Crippen molar-refractivity contribution in [2.75, 3.05) is 12.4 Å². The van der Waals surface area contributed by atoms with E-state index in [1.54, 1.807) is 7.11 Å². The van der Waals surface area contributed by atoms with E-state index in [9.17, 15) is 0 Å². The minimum Gasteiger partial charge on any atom is -0.493 e. The predicted octanol–water partition coefficient (Wildman–Crippen LogP) is 4.16. The topological polar surface area (TPSA) is 22.4 Å². The van der Waals surface area contributed by atoms with Crippen LogP contribution in [0.1, 0.15) is 18.4 Å². The largest absolute Gasteiger partial charge is 0.493 e. The molecule has 0 saturated heterocycles. The van der Waals surface area contributed by atoms with Crippen molar-refractivity contribution in [1.82, 2.24) is 0 Å². The van der Waals surface area contributed by atoms with Crippen molar-refractivity contribution in [3.8, 4) is 5.75 Å². The number of furan rings is 1. The monoisotopic (exact) mass is 282 g/mol. The van der Waals surface area contributed by atoms with Crippen LogP contribution >= 0.6 is 15.9 Å². The van der Waals surface area contributed by atoms with Crippen molar-refractivity contribution in [3.63, 3.8) is 0 Å². The second-order valence-electron chi connectivity index (χ2n) is 3.74. The van der Waals surface area contributed by atoms with Crippen LogP contribution in [0.5, 0.6) is 5.75 Å². The molecular formula is C13H15BrO2. The number of fused-ring (bicyclic) bond motifs is 1. The molecule has 16 heavy (non-hydrogen) atoms. The highest BCUT2D eigenvalue weighted by atomic mass is 79.9. The molecular weight excluding hydrogens is 268 g/mol. The van der Waals surface area contributed by atoms with E-state index in [-0.39, 0.29) is 0 Å². The van der Waals surface area contributed by atoms with E-state index in [0.29, 0.717) is 0 Å². The molecule has 2 rings (SSSR count). The van der Waals surface area contributed by atoms with Gasteiger partial charge in [0.2, 0.25) is 0 Å². The number of ether oxygens (including phenoxy) is 1. The molecule has 0 spiro atoms. The van der Waals surface area contributed by atoms with Gasteiger partial charge in [0.15, 0.2) is 11.3 Å². The molecule has 1 aromatic carbocycles. The lowest BCUT2D eigenvalue weighted by atomic mass is 10.1. The molecule has 0 atom stereocenters. The number of hydrogen-bond acceptors (Lipinski definition) is 2. The number of benzene rings is 1. The molecule has 0 bridgehead atoms. The van der Waals surface area contributed by atoms with Gasteiger partial charge in [-0.05, 0) is 30.9 Å². The van der Waals surface area contributed by atoms with E-state index in [0.717, 1.165) is 23.1 Å². The van der Waals surface area contributed by atoms with Crippen LogP contribution in [0, 0.1) is 0 Å². The molecule has 0 aliphatic heterocycles. The molecule has 0 aliphatic rings. The van der Waals surface area contributed by atoms with E-state index in [1.807, 2.05) is 18.4 Å². The van der Waals surface area contributed by atoms with Crippen molar-refractivity contribution in [2.24, 2.45) is 0 Å². The molecule has 0 aliphatic carbocycles. The number of methoxy groups -OCH3 is 1. The average molecular weight is 283 g/mol. The van der Waals surface area contributed by atoms with Crippen LogP contribution in [0.25, 0.3) is 11.0 Å². The zero-order valence-corrected chi connectivity index (χ0v) is 10.9. The number of unbranched alkanes of at least 4 members (excludes halogenated alkanes) is 1. The van der Waals surface area contributed by atoms with Crippen LogP contribution in [0.4, 0.5) is 0 Å². The minimum absolute atomic E-state index is 0.809. The van der Waals surface area contributed by atoms with Gasteiger partial charge in [-0.25, -0.2) is 0 Å². The van der Waals surface area contributed by atoms with Crippen LogP contribution in [-0.2, 0) is 6.42 Å². The molecule has 0 fully saturated rings. The van der Waals surface area contributed by atoms with Crippen LogP contribution in [-0.4, -0.2) is 12.4 Å². The summed E-state index contributed by atoms with van der Waals surface area (Å²) in [6.45, 7) is 0. The van der Waals surface area contributed by atoms with Gasteiger partial charge < -0.3 is 9.15 Å². The Morgan fingerprint density at radius 1 is 1.31 bits per heavy atom. The lowest BCUT2D eigenvalue weighted by Crippen LogP contribution is -1.85. The Kier molecular flexibility index (Phi) is 3.88. The van der Waals surface area contributed by atoms with Crippen molar-refractivity contribution in [3.05, 3.63) is 30.0 Å². The van der Waals surface area contributed by atoms with Crippen molar-refractivity contribution >= 4 is 26.9 Å². The first kappa shape index (κ1) is 11.5. The fourth-order valence-corrected chi connectivity index (χ4v) is 2.24. The summed E-state index contributed by atoms with van der Waals surface area (Å²) in [7, 11) is 1.67. The Morgan fingerprint density at radius 3 is 2.94 bits per heavy atom. The van der Waals surface area contributed by atoms with Gasteiger partial charge in [-0.15, -0.1) is 0 Å². The number of aryl methyl sites for hydroxylation is 1. The summed E-state index contributed by atoms with van der Waals surface area (Å²) in [6.07, 6.45) is 5.28. The Bertz CT molecular complexity index is 462. The molecule has 0 unspecified atom stereocenters. The number of hydrogen-bond donors (Lipinski definition) is 0. The van der Waals surface area contributed by atoms with Gasteiger partial charge in [0.1, 0.15) is 0 Å². The molecule has 0 amide bonds. The highest BCUT2D eigenvalue weighted by molar-refractivity contribution is 9.09. The van der Waals surface area contributed by atoms with Crippen molar-refractivity contribution in [1.29, 1.82) is 0 Å². The summed E-state index contributed by atoms with van der Waals surface area (Å²) in [5, 5.41) is 2.24. The summed E-state index contributed by atoms with van der Waals surface area (Å²) < 4.78 is 10.8. The summed E-state index contributed by atoms with van der Waals surface area (Å²) in [6, 6.07) is 6.02. The van der Waals surface area contributed by atoms with Crippen LogP contribution < -0.4 is 4.74 Å². The summed E-state index contributed by atoms with van der Waals surface area (Å²) in [5.41, 5.74) is 2.13. The highest BCUT2D eigenvalue weighted by Crippen LogP contribution is 2.30. The van der Waals surface area contributed by atoms with Gasteiger partial charge in [0, 0.05) is 10.7 Å². The summed E-state index contributed by atoms with van der Waals surface area (Å²) >= 11 is 3.44. The van der Waals surface area contributed by atoms with Gasteiger partial charge in [-0.3, -0.25) is 0 Å². The van der Waals surface area contributed by atoms with Crippen molar-refractivity contribution in [2.45, 2.75) is 19.3 Å². The van der Waals surface area contributed by atoms with Gasteiger partial charge in [-0.2, -0.15) is 0 Å². The minimum atomic E-state index is 0.809. The van der Waals surface area contributed by atoms with Crippen LogP contribution in [0.15, 0.2) is 28.9 Å². The third-order valence-corrected chi connectivity index (χ3v) is 3.25. The standard InChI is InChI=1S/C13H15BrO2/c1-15-12-7-4-6-11-10(5-2-3-8-14)9-16-13(11)12/h4,6-7,9H,2-3,5,8H2,1H3. The molecule has 3 heteroatoms. The quantitative estimate of drug-likeness (QED) is 0.607. The zero-order chi connectivity index (χ0) is 11.4. The highest BCUT2D eigenvalue weighted by Gasteiger charge is 2.09. The van der Waals surface area contributed by atoms with E-state index >= 15 is 0 Å². The summed E-state index contributed by atoms with van der Waals surface area (Å²) in [5.74, 6) is 0.809. The molecule has 2 aromatic rings. The Morgan fingerprint density at radius 2 is 2.19 bits per heavy atom. The predicted molar refractivity (Wildman–Crippen MR) is 69.5 cm³/mol. The maximum absolute atomic E-state index is 5.57. The molecule has 86 valence electrons. The Labute approximate surface area is 104 Å². The van der Waals surface area contributed by atoms with E-state index in [1.165, 1.54) is 23.8 Å². The first-order valence-corrected chi connectivity index (χ1v) is 6.58. The van der Waals surface area contributed by atoms with Gasteiger partial charge in [0.25, 0.3) is 0 Å². The third kappa shape index (κ3) is 2.24. The molecule has 0 saturated carbocycles. The van der Waals surface area contributed by atoms with E-state index in [4.69, 9.17) is 9.15 Å². The fourth-order valence-electron chi connectivity index (χ4n) is 1.85. The van der Waals surface area contributed by atoms with Crippen LogP contribution in [0.3, 0.4) is 0 Å². The van der Waals surface area contributed by atoms with Gasteiger partial charge >= 0.3 is 0 Å². The van der Waals surface area contributed by atoms with Crippen LogP contribution in [0.2, 0.25) is 0 Å². The third-order valence-electron chi connectivity index (χ3n) is 2.69. The SMILES string of the molecule is COc1cccc2c(CCCCBr)coc12. The lowest BCUT2D eigenvalue weighted by Gasteiger charge is -2.00. The first-order chi connectivity index (χ1) is 7.86. The summed E-state index contributed by atoms with van der Waals surface area (Å²) in [4.78, 5) is 0. The number of halogens is 1. The lowest BCUT2D eigenvalue weighted by molar-refractivity contribution is 0.410. The number of rotatable bonds is 5. The molecule has 2 nitrogen and oxygen atoms in total. The normalized spacial score (nSPS) is 10.9. The number of alkyl halides is 1. The molecule has 1 heterocycles. The first-order valence-electron chi connectivity index (χ1n) is 5.46.